The zero-order chi connectivity index (χ0) is 14.0. The van der Waals surface area contributed by atoms with Crippen LogP contribution in [0.4, 0.5) is 5.69 Å². The van der Waals surface area contributed by atoms with Crippen molar-refractivity contribution in [3.63, 3.8) is 0 Å². The number of nitrogens with zero attached hydrogens (tertiary/aromatic N) is 1. The van der Waals surface area contributed by atoms with Crippen molar-refractivity contribution in [2.24, 2.45) is 0 Å². The lowest BCUT2D eigenvalue weighted by atomic mass is 10.1. The van der Waals surface area contributed by atoms with Crippen LogP contribution in [-0.4, -0.2) is 30.6 Å². The van der Waals surface area contributed by atoms with E-state index in [2.05, 4.69) is 21.2 Å². The van der Waals surface area contributed by atoms with Gasteiger partial charge in [-0.15, -0.1) is 0 Å². The molecule has 4 nitrogen and oxygen atoms in total. The SMILES string of the molecule is CC(O)c1ccc(N(C)CC(=O)NC2CC2)c(Br)c1. The van der Waals surface area contributed by atoms with Crippen LogP contribution in [0.25, 0.3) is 0 Å². The molecule has 1 amide bonds. The molecule has 1 saturated carbocycles. The highest BCUT2D eigenvalue weighted by Crippen LogP contribution is 2.28. The zero-order valence-electron chi connectivity index (χ0n) is 11.2. The molecule has 5 heteroatoms. The molecule has 0 aromatic heterocycles. The number of carbonyl (C=O) groups excluding carboxylic acids is 1. The minimum atomic E-state index is -0.492. The lowest BCUT2D eigenvalue weighted by molar-refractivity contribution is -0.119. The first-order valence-corrected chi connectivity index (χ1v) is 7.24. The maximum atomic E-state index is 11.8. The van der Waals surface area contributed by atoms with E-state index in [9.17, 15) is 9.90 Å². The topological polar surface area (TPSA) is 52.6 Å². The molecule has 2 rings (SSSR count). The van der Waals surface area contributed by atoms with Gasteiger partial charge in [-0.3, -0.25) is 4.79 Å². The minimum Gasteiger partial charge on any atom is -0.389 e. The number of rotatable bonds is 5. The van der Waals surface area contributed by atoms with Crippen molar-refractivity contribution in [3.8, 4) is 0 Å². The maximum absolute atomic E-state index is 11.8. The maximum Gasteiger partial charge on any atom is 0.239 e. The smallest absolute Gasteiger partial charge is 0.239 e. The number of nitrogens with one attached hydrogen (secondary N) is 1. The second-order valence-corrected chi connectivity index (χ2v) is 5.94. The summed E-state index contributed by atoms with van der Waals surface area (Å²) in [6, 6.07) is 6.06. The van der Waals surface area contributed by atoms with Crippen molar-refractivity contribution in [1.82, 2.24) is 5.32 Å². The molecule has 1 aromatic rings. The number of aliphatic hydroxyl groups excluding tert-OH is 1. The van der Waals surface area contributed by atoms with Gasteiger partial charge in [-0.25, -0.2) is 0 Å². The highest BCUT2D eigenvalue weighted by Gasteiger charge is 2.23. The Morgan fingerprint density at radius 1 is 1.58 bits per heavy atom. The molecule has 104 valence electrons. The van der Waals surface area contributed by atoms with Crippen LogP contribution in [0.1, 0.15) is 31.4 Å². The number of likely N-dealkylation sites (N-methyl/N-ethyl adjacent to an activating group) is 1. The standard InChI is InChI=1S/C14H19BrN2O2/c1-9(18)10-3-6-13(12(15)7-10)17(2)8-14(19)16-11-4-5-11/h3,6-7,9,11,18H,4-5,8H2,1-2H3,(H,16,19). The van der Waals surface area contributed by atoms with Gasteiger partial charge in [0.25, 0.3) is 0 Å². The Labute approximate surface area is 121 Å². The van der Waals surface area contributed by atoms with E-state index in [1.807, 2.05) is 30.1 Å². The number of hydrogen-bond donors (Lipinski definition) is 2. The van der Waals surface area contributed by atoms with E-state index in [-0.39, 0.29) is 5.91 Å². The van der Waals surface area contributed by atoms with Gasteiger partial charge in [0.2, 0.25) is 5.91 Å². The van der Waals surface area contributed by atoms with Crippen LogP contribution in [0.5, 0.6) is 0 Å². The molecule has 1 aliphatic rings. The molecule has 19 heavy (non-hydrogen) atoms. The van der Waals surface area contributed by atoms with Crippen molar-refractivity contribution >= 4 is 27.5 Å². The Balaban J connectivity index is 2.01. The molecule has 1 unspecified atom stereocenters. The fraction of sp³-hybridized carbons (Fsp3) is 0.500. The fourth-order valence-corrected chi connectivity index (χ4v) is 2.59. The lowest BCUT2D eigenvalue weighted by Gasteiger charge is -2.21. The summed E-state index contributed by atoms with van der Waals surface area (Å²) >= 11 is 3.48. The summed E-state index contributed by atoms with van der Waals surface area (Å²) in [5.41, 5.74) is 1.79. The van der Waals surface area contributed by atoms with Crippen LogP contribution in [0, 0.1) is 0 Å². The summed E-state index contributed by atoms with van der Waals surface area (Å²) in [7, 11) is 1.88. The van der Waals surface area contributed by atoms with Crippen LogP contribution in [0.2, 0.25) is 0 Å². The third-order valence-electron chi connectivity index (χ3n) is 3.19. The molecular weight excluding hydrogens is 308 g/mol. The monoisotopic (exact) mass is 326 g/mol. The Hall–Kier alpha value is -1.07. The van der Waals surface area contributed by atoms with Gasteiger partial charge in [-0.05, 0) is 53.4 Å². The Bertz CT molecular complexity index is 473. The van der Waals surface area contributed by atoms with E-state index in [1.165, 1.54) is 0 Å². The van der Waals surface area contributed by atoms with E-state index < -0.39 is 6.10 Å². The summed E-state index contributed by atoms with van der Waals surface area (Å²) < 4.78 is 0.882. The van der Waals surface area contributed by atoms with Gasteiger partial charge < -0.3 is 15.3 Å². The molecule has 1 fully saturated rings. The lowest BCUT2D eigenvalue weighted by Crippen LogP contribution is -2.36. The summed E-state index contributed by atoms with van der Waals surface area (Å²) in [5.74, 6) is 0.0523. The molecule has 0 spiro atoms. The molecule has 0 bridgehead atoms. The molecule has 0 saturated heterocycles. The fourth-order valence-electron chi connectivity index (χ4n) is 1.89. The summed E-state index contributed by atoms with van der Waals surface area (Å²) in [5, 5.41) is 12.5. The van der Waals surface area contributed by atoms with Crippen molar-refractivity contribution in [2.45, 2.75) is 31.9 Å². The normalized spacial score (nSPS) is 16.0. The van der Waals surface area contributed by atoms with E-state index >= 15 is 0 Å². The van der Waals surface area contributed by atoms with E-state index in [0.717, 1.165) is 28.6 Å². The average Bonchev–Trinajstić information content (AvgIpc) is 3.12. The second-order valence-electron chi connectivity index (χ2n) is 5.08. The first kappa shape index (κ1) is 14.3. The van der Waals surface area contributed by atoms with Crippen LogP contribution in [-0.2, 0) is 4.79 Å². The Morgan fingerprint density at radius 2 is 2.26 bits per heavy atom. The number of anilines is 1. The number of aliphatic hydroxyl groups is 1. The highest BCUT2D eigenvalue weighted by atomic mass is 79.9. The molecular formula is C14H19BrN2O2. The largest absolute Gasteiger partial charge is 0.389 e. The van der Waals surface area contributed by atoms with Crippen LogP contribution in [0.15, 0.2) is 22.7 Å². The zero-order valence-corrected chi connectivity index (χ0v) is 12.8. The predicted molar refractivity (Wildman–Crippen MR) is 79.2 cm³/mol. The van der Waals surface area contributed by atoms with Crippen LogP contribution in [0.3, 0.4) is 0 Å². The van der Waals surface area contributed by atoms with Gasteiger partial charge in [-0.1, -0.05) is 6.07 Å². The number of amides is 1. The van der Waals surface area contributed by atoms with Gasteiger partial charge in [0.05, 0.1) is 18.3 Å². The van der Waals surface area contributed by atoms with E-state index in [0.29, 0.717) is 12.6 Å². The van der Waals surface area contributed by atoms with Crippen molar-refractivity contribution in [3.05, 3.63) is 28.2 Å². The highest BCUT2D eigenvalue weighted by molar-refractivity contribution is 9.10. The van der Waals surface area contributed by atoms with E-state index in [4.69, 9.17) is 0 Å². The van der Waals surface area contributed by atoms with Crippen LogP contribution < -0.4 is 10.2 Å². The third-order valence-corrected chi connectivity index (χ3v) is 3.82. The molecule has 1 aromatic carbocycles. The number of hydrogen-bond acceptors (Lipinski definition) is 3. The Kier molecular flexibility index (Phi) is 4.47. The van der Waals surface area contributed by atoms with E-state index in [1.54, 1.807) is 6.92 Å². The summed E-state index contributed by atoms with van der Waals surface area (Å²) in [6.07, 6.45) is 1.71. The molecule has 2 N–H and O–H groups in total. The summed E-state index contributed by atoms with van der Waals surface area (Å²) in [6.45, 7) is 2.07. The van der Waals surface area contributed by atoms with Gasteiger partial charge in [0.1, 0.15) is 0 Å². The average molecular weight is 327 g/mol. The third kappa shape index (κ3) is 3.94. The predicted octanol–water partition coefficient (Wildman–Crippen LogP) is 2.22. The Morgan fingerprint density at radius 3 is 2.79 bits per heavy atom. The van der Waals surface area contributed by atoms with Gasteiger partial charge in [0.15, 0.2) is 0 Å². The van der Waals surface area contributed by atoms with Crippen molar-refractivity contribution in [1.29, 1.82) is 0 Å². The minimum absolute atomic E-state index is 0.0523. The second kappa shape index (κ2) is 5.92. The first-order chi connectivity index (χ1) is 8.97. The van der Waals surface area contributed by atoms with Gasteiger partial charge in [0, 0.05) is 17.6 Å². The van der Waals surface area contributed by atoms with Crippen LogP contribution >= 0.6 is 15.9 Å². The first-order valence-electron chi connectivity index (χ1n) is 6.45. The molecule has 0 heterocycles. The number of benzene rings is 1. The molecule has 0 radical (unpaired) electrons. The summed E-state index contributed by atoms with van der Waals surface area (Å²) in [4.78, 5) is 13.7. The molecule has 1 atom stereocenters. The molecule has 1 aliphatic carbocycles. The van der Waals surface area contributed by atoms with Gasteiger partial charge >= 0.3 is 0 Å². The molecule has 0 aliphatic heterocycles. The number of carbonyl (C=O) groups is 1. The van der Waals surface area contributed by atoms with Gasteiger partial charge in [-0.2, -0.15) is 0 Å². The number of halogens is 1. The quantitative estimate of drug-likeness (QED) is 0.872. The van der Waals surface area contributed by atoms with Crippen molar-refractivity contribution in [2.75, 3.05) is 18.5 Å². The van der Waals surface area contributed by atoms with Crippen molar-refractivity contribution < 1.29 is 9.90 Å².